The molecule has 0 saturated carbocycles. The van der Waals surface area contributed by atoms with Crippen molar-refractivity contribution in [3.05, 3.63) is 40.4 Å². The average Bonchev–Trinajstić information content (AvgIpc) is 3.52. The fraction of sp³-hybridized carbons (Fsp3) is 0.560. The van der Waals surface area contributed by atoms with Gasteiger partial charge in [0.05, 0.1) is 18.5 Å². The first kappa shape index (κ1) is 27.9. The van der Waals surface area contributed by atoms with Crippen LogP contribution in [0, 0.1) is 11.6 Å². The topological polar surface area (TPSA) is 155 Å². The van der Waals surface area contributed by atoms with Gasteiger partial charge < -0.3 is 25.6 Å². The van der Waals surface area contributed by atoms with E-state index < -0.39 is 30.0 Å². The van der Waals surface area contributed by atoms with Crippen LogP contribution in [-0.2, 0) is 7.05 Å². The van der Waals surface area contributed by atoms with Crippen LogP contribution in [0.1, 0.15) is 39.5 Å². The Morgan fingerprint density at radius 3 is 2.77 bits per heavy atom. The molecule has 15 heteroatoms. The van der Waals surface area contributed by atoms with E-state index >= 15 is 4.39 Å². The molecule has 2 saturated heterocycles. The number of fused-ring (bicyclic) bond motifs is 1. The molecular formula is C25H33F2N9O4. The molecule has 3 aromatic rings. The summed E-state index contributed by atoms with van der Waals surface area (Å²) in [4.78, 5) is 23.3. The average molecular weight is 562 g/mol. The number of benzene rings is 1. The Bertz CT molecular complexity index is 1430. The van der Waals surface area contributed by atoms with E-state index in [0.29, 0.717) is 6.04 Å². The second-order valence-electron chi connectivity index (χ2n) is 10.8. The third kappa shape index (κ3) is 5.62. The number of aryl methyl sites for hydroxylation is 1. The van der Waals surface area contributed by atoms with Crippen LogP contribution in [0.4, 0.5) is 26.2 Å². The van der Waals surface area contributed by atoms with Crippen molar-refractivity contribution in [2.45, 2.75) is 63.3 Å². The Morgan fingerprint density at radius 1 is 1.25 bits per heavy atom. The predicted molar refractivity (Wildman–Crippen MR) is 141 cm³/mol. The Balaban J connectivity index is 1.41. The van der Waals surface area contributed by atoms with E-state index in [-0.39, 0.29) is 47.1 Å². The number of aliphatic hydroxyl groups excluding tert-OH is 2. The highest BCUT2D eigenvalue weighted by molar-refractivity contribution is 5.63. The number of ether oxygens (including phenoxy) is 1. The van der Waals surface area contributed by atoms with Gasteiger partial charge in [-0.3, -0.25) is 4.90 Å². The molecule has 40 heavy (non-hydrogen) atoms. The maximum Gasteiger partial charge on any atom is 0.368 e. The number of nitrogens with one attached hydrogen (secondary N) is 2. The molecule has 1 aromatic carbocycles. The van der Waals surface area contributed by atoms with Gasteiger partial charge in [-0.05, 0) is 62.6 Å². The molecule has 2 aromatic heterocycles. The van der Waals surface area contributed by atoms with Crippen molar-refractivity contribution >= 4 is 17.5 Å². The van der Waals surface area contributed by atoms with E-state index in [1.54, 1.807) is 0 Å². The van der Waals surface area contributed by atoms with Gasteiger partial charge in [-0.2, -0.15) is 14.3 Å². The van der Waals surface area contributed by atoms with E-state index in [9.17, 15) is 14.3 Å². The number of rotatable bonds is 9. The van der Waals surface area contributed by atoms with Crippen molar-refractivity contribution in [2.75, 3.05) is 30.4 Å². The lowest BCUT2D eigenvalue weighted by atomic mass is 9.84. The van der Waals surface area contributed by atoms with Gasteiger partial charge in [-0.15, -0.1) is 0 Å². The lowest BCUT2D eigenvalue weighted by Gasteiger charge is -2.47. The third-order valence-corrected chi connectivity index (χ3v) is 7.43. The van der Waals surface area contributed by atoms with Gasteiger partial charge in [0, 0.05) is 30.7 Å². The molecule has 0 radical (unpaired) electrons. The number of piperidine rings is 1. The van der Waals surface area contributed by atoms with Crippen LogP contribution in [-0.4, -0.2) is 88.4 Å². The highest BCUT2D eigenvalue weighted by atomic mass is 19.1. The molecule has 2 aliphatic heterocycles. The Morgan fingerprint density at radius 2 is 2.05 bits per heavy atom. The molecule has 2 fully saturated rings. The minimum absolute atomic E-state index is 0.00386. The summed E-state index contributed by atoms with van der Waals surface area (Å²) in [5.41, 5.74) is -0.791. The second-order valence-corrected chi connectivity index (χ2v) is 10.8. The van der Waals surface area contributed by atoms with Crippen LogP contribution in [0.25, 0.3) is 5.69 Å². The zero-order chi connectivity index (χ0) is 28.6. The molecule has 3 atom stereocenters. The summed E-state index contributed by atoms with van der Waals surface area (Å²) in [6.07, 6.45) is 3.72. The number of aromatic nitrogens is 6. The highest BCUT2D eigenvalue weighted by Gasteiger charge is 2.43. The first-order valence-electron chi connectivity index (χ1n) is 13.1. The SMILES string of the molecule is Cn1nnn(-c2cc(Nc3ncc(F)c(N[C@@H]4C[C@@H]5CCCN5C(C)(C)C4)n3)c(F)cc2OC[C@H](O)CO)c1=O. The number of halogens is 2. The minimum Gasteiger partial charge on any atom is -0.488 e. The molecule has 0 aliphatic carbocycles. The molecule has 13 nitrogen and oxygen atoms in total. The summed E-state index contributed by atoms with van der Waals surface area (Å²) >= 11 is 0. The van der Waals surface area contributed by atoms with Crippen molar-refractivity contribution in [3.8, 4) is 11.4 Å². The van der Waals surface area contributed by atoms with Crippen LogP contribution in [0.15, 0.2) is 23.1 Å². The maximum absolute atomic E-state index is 15.2. The number of nitrogens with zero attached hydrogens (tertiary/aromatic N) is 7. The molecule has 4 N–H and O–H groups in total. The quantitative estimate of drug-likeness (QED) is 0.299. The summed E-state index contributed by atoms with van der Waals surface area (Å²) in [5.74, 6) is -1.61. The zero-order valence-corrected chi connectivity index (χ0v) is 22.5. The fourth-order valence-corrected chi connectivity index (χ4v) is 5.59. The van der Waals surface area contributed by atoms with E-state index in [0.717, 1.165) is 53.9 Å². The Hall–Kier alpha value is -3.69. The lowest BCUT2D eigenvalue weighted by molar-refractivity contribution is 0.0500. The summed E-state index contributed by atoms with van der Waals surface area (Å²) in [6, 6.07) is 2.66. The van der Waals surface area contributed by atoms with E-state index in [1.807, 2.05) is 0 Å². The van der Waals surface area contributed by atoms with Gasteiger partial charge in [-0.25, -0.2) is 18.6 Å². The lowest BCUT2D eigenvalue weighted by Crippen LogP contribution is -2.55. The highest BCUT2D eigenvalue weighted by Crippen LogP contribution is 2.38. The van der Waals surface area contributed by atoms with E-state index in [1.165, 1.54) is 13.1 Å². The Labute approximate surface area is 228 Å². The van der Waals surface area contributed by atoms with Crippen molar-refractivity contribution in [1.29, 1.82) is 0 Å². The number of hydrogen-bond acceptors (Lipinski definition) is 11. The summed E-state index contributed by atoms with van der Waals surface area (Å²) in [5, 5.41) is 32.2. The van der Waals surface area contributed by atoms with Crippen molar-refractivity contribution in [1.82, 2.24) is 34.7 Å². The number of aliphatic hydroxyl groups is 2. The van der Waals surface area contributed by atoms with Crippen LogP contribution in [0.5, 0.6) is 5.75 Å². The van der Waals surface area contributed by atoms with Gasteiger partial charge >= 0.3 is 5.69 Å². The van der Waals surface area contributed by atoms with Gasteiger partial charge in [0.25, 0.3) is 0 Å². The number of tetrazole rings is 1. The van der Waals surface area contributed by atoms with Crippen molar-refractivity contribution in [2.24, 2.45) is 7.05 Å². The zero-order valence-electron chi connectivity index (χ0n) is 22.5. The van der Waals surface area contributed by atoms with Gasteiger partial charge in [-0.1, -0.05) is 0 Å². The minimum atomic E-state index is -1.22. The first-order valence-corrected chi connectivity index (χ1v) is 13.1. The standard InChI is InChI=1S/C25H33F2N9O4/c1-25(2)10-14(7-15-5-4-6-35(15)25)29-22-18(27)11-28-23(31-22)30-19-9-20(36-24(39)34(3)32-33-36)21(8-17(19)26)40-13-16(38)12-37/h8-9,11,14-16,37-38H,4-7,10,12-13H2,1-3H3,(H2,28,29,30,31)/t14-,15+,16-/m1/s1. The fourth-order valence-electron chi connectivity index (χ4n) is 5.59. The molecule has 0 amide bonds. The van der Waals surface area contributed by atoms with Gasteiger partial charge in [0.15, 0.2) is 17.5 Å². The summed E-state index contributed by atoms with van der Waals surface area (Å²) < 4.78 is 37.2. The molecule has 2 aliphatic rings. The molecular weight excluding hydrogens is 528 g/mol. The number of anilines is 3. The van der Waals surface area contributed by atoms with Crippen molar-refractivity contribution < 1.29 is 23.7 Å². The maximum atomic E-state index is 15.2. The molecule has 0 spiro atoms. The van der Waals surface area contributed by atoms with Crippen LogP contribution >= 0.6 is 0 Å². The monoisotopic (exact) mass is 561 g/mol. The normalized spacial score (nSPS) is 21.2. The second kappa shape index (κ2) is 11.1. The molecule has 0 unspecified atom stereocenters. The Kier molecular flexibility index (Phi) is 7.70. The number of hydrogen-bond donors (Lipinski definition) is 4. The molecule has 0 bridgehead atoms. The van der Waals surface area contributed by atoms with Gasteiger partial charge in [0.2, 0.25) is 5.95 Å². The van der Waals surface area contributed by atoms with Gasteiger partial charge in [0.1, 0.15) is 24.1 Å². The molecule has 5 rings (SSSR count). The van der Waals surface area contributed by atoms with Crippen LogP contribution in [0.2, 0.25) is 0 Å². The van der Waals surface area contributed by atoms with E-state index in [2.05, 4.69) is 49.8 Å². The molecule has 216 valence electrons. The van der Waals surface area contributed by atoms with Crippen molar-refractivity contribution in [3.63, 3.8) is 0 Å². The van der Waals surface area contributed by atoms with Crippen LogP contribution in [0.3, 0.4) is 0 Å². The van der Waals surface area contributed by atoms with Crippen LogP contribution < -0.4 is 21.1 Å². The largest absolute Gasteiger partial charge is 0.488 e. The summed E-state index contributed by atoms with van der Waals surface area (Å²) in [7, 11) is 1.39. The smallest absolute Gasteiger partial charge is 0.368 e. The third-order valence-electron chi connectivity index (χ3n) is 7.43. The molecule has 4 heterocycles. The summed E-state index contributed by atoms with van der Waals surface area (Å²) in [6.45, 7) is 4.53. The first-order chi connectivity index (χ1) is 19.1. The predicted octanol–water partition coefficient (Wildman–Crippen LogP) is 1.33. The van der Waals surface area contributed by atoms with E-state index in [4.69, 9.17) is 9.84 Å².